The molecule has 0 saturated heterocycles. The highest BCUT2D eigenvalue weighted by molar-refractivity contribution is 5.85. The maximum atomic E-state index is 12.6. The van der Waals surface area contributed by atoms with E-state index < -0.39 is 0 Å². The van der Waals surface area contributed by atoms with Crippen LogP contribution in [0.2, 0.25) is 0 Å². The third-order valence-electron chi connectivity index (χ3n) is 2.31. The Hall–Kier alpha value is -1.33. The Balaban J connectivity index is 0.00000324. The number of ether oxygens (including phenoxy) is 1. The minimum absolute atomic E-state index is 0. The minimum Gasteiger partial charge on any atom is -0.494 e. The van der Waals surface area contributed by atoms with Gasteiger partial charge in [0.25, 0.3) is 0 Å². The maximum absolute atomic E-state index is 12.6. The molecule has 0 atom stereocenters. The van der Waals surface area contributed by atoms with E-state index in [1.807, 2.05) is 0 Å². The molecule has 0 heterocycles. The van der Waals surface area contributed by atoms with Crippen molar-refractivity contribution in [3.63, 3.8) is 0 Å². The van der Waals surface area contributed by atoms with Crippen molar-refractivity contribution in [2.75, 3.05) is 26.7 Å². The van der Waals surface area contributed by atoms with Crippen LogP contribution < -0.4 is 15.4 Å². The van der Waals surface area contributed by atoms with E-state index in [2.05, 4.69) is 10.6 Å². The standard InChI is InChI=1S/C13H19FN2O2.ClH/c1-15-10-13(17)16-8-2-3-9-18-12-6-4-11(14)5-7-12;/h4-7,15H,2-3,8-10H2,1H3,(H,16,17);1H. The van der Waals surface area contributed by atoms with Crippen LogP contribution in [0, 0.1) is 5.82 Å². The van der Waals surface area contributed by atoms with Gasteiger partial charge in [-0.1, -0.05) is 0 Å². The fourth-order valence-electron chi connectivity index (χ4n) is 1.40. The number of likely N-dealkylation sites (N-methyl/N-ethyl adjacent to an activating group) is 1. The Morgan fingerprint density at radius 3 is 2.58 bits per heavy atom. The molecule has 6 heteroatoms. The Morgan fingerprint density at radius 1 is 1.26 bits per heavy atom. The Morgan fingerprint density at radius 2 is 1.95 bits per heavy atom. The SMILES string of the molecule is CNCC(=O)NCCCCOc1ccc(F)cc1.Cl. The van der Waals surface area contributed by atoms with E-state index in [0.29, 0.717) is 25.4 Å². The van der Waals surface area contributed by atoms with Gasteiger partial charge in [0.1, 0.15) is 11.6 Å². The average Bonchev–Trinajstić information content (AvgIpc) is 2.36. The number of carbonyl (C=O) groups is 1. The van der Waals surface area contributed by atoms with Crippen LogP contribution in [-0.4, -0.2) is 32.7 Å². The number of halogens is 2. The van der Waals surface area contributed by atoms with Gasteiger partial charge in [0.15, 0.2) is 0 Å². The summed E-state index contributed by atoms with van der Waals surface area (Å²) < 4.78 is 18.0. The highest BCUT2D eigenvalue weighted by atomic mass is 35.5. The number of carbonyl (C=O) groups excluding carboxylic acids is 1. The second kappa shape index (κ2) is 10.6. The van der Waals surface area contributed by atoms with Crippen LogP contribution in [0.25, 0.3) is 0 Å². The van der Waals surface area contributed by atoms with Crippen LogP contribution in [0.3, 0.4) is 0 Å². The fraction of sp³-hybridized carbons (Fsp3) is 0.462. The first kappa shape index (κ1) is 17.7. The highest BCUT2D eigenvalue weighted by Crippen LogP contribution is 2.11. The van der Waals surface area contributed by atoms with Gasteiger partial charge in [-0.05, 0) is 44.2 Å². The molecule has 0 aliphatic rings. The van der Waals surface area contributed by atoms with E-state index in [9.17, 15) is 9.18 Å². The summed E-state index contributed by atoms with van der Waals surface area (Å²) in [7, 11) is 1.73. The second-order valence-corrected chi connectivity index (χ2v) is 3.89. The molecule has 1 aromatic rings. The Kier molecular flexibility index (Phi) is 9.84. The van der Waals surface area contributed by atoms with Gasteiger partial charge in [-0.3, -0.25) is 4.79 Å². The van der Waals surface area contributed by atoms with E-state index >= 15 is 0 Å². The normalized spacial score (nSPS) is 9.58. The zero-order chi connectivity index (χ0) is 13.2. The van der Waals surface area contributed by atoms with Crippen molar-refractivity contribution in [3.05, 3.63) is 30.1 Å². The van der Waals surface area contributed by atoms with Crippen LogP contribution in [-0.2, 0) is 4.79 Å². The van der Waals surface area contributed by atoms with Crippen molar-refractivity contribution >= 4 is 18.3 Å². The third kappa shape index (κ3) is 8.40. The molecule has 108 valence electrons. The molecular formula is C13H20ClFN2O2. The monoisotopic (exact) mass is 290 g/mol. The summed E-state index contributed by atoms with van der Waals surface area (Å²) in [5.41, 5.74) is 0. The molecule has 0 spiro atoms. The first-order chi connectivity index (χ1) is 8.72. The molecule has 1 aromatic carbocycles. The lowest BCUT2D eigenvalue weighted by atomic mass is 10.3. The van der Waals surface area contributed by atoms with Crippen LogP contribution in [0.1, 0.15) is 12.8 Å². The molecule has 0 radical (unpaired) electrons. The predicted molar refractivity (Wildman–Crippen MR) is 75.3 cm³/mol. The number of amides is 1. The first-order valence-electron chi connectivity index (χ1n) is 6.02. The predicted octanol–water partition coefficient (Wildman–Crippen LogP) is 1.74. The zero-order valence-electron chi connectivity index (χ0n) is 10.9. The molecule has 0 fully saturated rings. The zero-order valence-corrected chi connectivity index (χ0v) is 11.8. The molecule has 0 aliphatic carbocycles. The topological polar surface area (TPSA) is 50.4 Å². The average molecular weight is 291 g/mol. The maximum Gasteiger partial charge on any atom is 0.233 e. The number of rotatable bonds is 8. The van der Waals surface area contributed by atoms with E-state index in [0.717, 1.165) is 12.8 Å². The van der Waals surface area contributed by atoms with Gasteiger partial charge >= 0.3 is 0 Å². The number of hydrogen-bond acceptors (Lipinski definition) is 3. The third-order valence-corrected chi connectivity index (χ3v) is 2.31. The first-order valence-corrected chi connectivity index (χ1v) is 6.02. The van der Waals surface area contributed by atoms with Gasteiger partial charge in [0.2, 0.25) is 5.91 Å². The van der Waals surface area contributed by atoms with E-state index in [1.54, 1.807) is 19.2 Å². The lowest BCUT2D eigenvalue weighted by molar-refractivity contribution is -0.120. The van der Waals surface area contributed by atoms with Gasteiger partial charge in [0, 0.05) is 6.54 Å². The molecular weight excluding hydrogens is 271 g/mol. The van der Waals surface area contributed by atoms with Gasteiger partial charge in [-0.25, -0.2) is 4.39 Å². The number of unbranched alkanes of at least 4 members (excludes halogenated alkanes) is 1. The summed E-state index contributed by atoms with van der Waals surface area (Å²) in [6.07, 6.45) is 1.70. The van der Waals surface area contributed by atoms with Crippen molar-refractivity contribution in [1.29, 1.82) is 0 Å². The summed E-state index contributed by atoms with van der Waals surface area (Å²) in [6, 6.07) is 5.94. The summed E-state index contributed by atoms with van der Waals surface area (Å²) in [5, 5.41) is 5.56. The molecule has 1 rings (SSSR count). The fourth-order valence-corrected chi connectivity index (χ4v) is 1.40. The molecule has 0 bridgehead atoms. The van der Waals surface area contributed by atoms with Crippen molar-refractivity contribution in [1.82, 2.24) is 10.6 Å². The quantitative estimate of drug-likeness (QED) is 0.717. The Labute approximate surface area is 119 Å². The van der Waals surface area contributed by atoms with Crippen molar-refractivity contribution in [2.45, 2.75) is 12.8 Å². The molecule has 19 heavy (non-hydrogen) atoms. The smallest absolute Gasteiger partial charge is 0.233 e. The van der Waals surface area contributed by atoms with Gasteiger partial charge in [-0.15, -0.1) is 12.4 Å². The lowest BCUT2D eigenvalue weighted by Gasteiger charge is -2.07. The summed E-state index contributed by atoms with van der Waals surface area (Å²) in [6.45, 7) is 1.55. The second-order valence-electron chi connectivity index (χ2n) is 3.89. The van der Waals surface area contributed by atoms with Gasteiger partial charge in [-0.2, -0.15) is 0 Å². The Bertz CT molecular complexity index is 360. The molecule has 1 amide bonds. The van der Waals surface area contributed by atoms with E-state index in [4.69, 9.17) is 4.74 Å². The minimum atomic E-state index is -0.269. The van der Waals surface area contributed by atoms with Crippen LogP contribution in [0.4, 0.5) is 4.39 Å². The molecule has 0 aliphatic heterocycles. The van der Waals surface area contributed by atoms with Gasteiger partial charge < -0.3 is 15.4 Å². The molecule has 0 aromatic heterocycles. The summed E-state index contributed by atoms with van der Waals surface area (Å²) in [4.78, 5) is 11.1. The summed E-state index contributed by atoms with van der Waals surface area (Å²) in [5.74, 6) is 0.391. The number of nitrogens with one attached hydrogen (secondary N) is 2. The number of hydrogen-bond donors (Lipinski definition) is 2. The summed E-state index contributed by atoms with van der Waals surface area (Å²) >= 11 is 0. The molecule has 2 N–H and O–H groups in total. The number of benzene rings is 1. The van der Waals surface area contributed by atoms with E-state index in [-0.39, 0.29) is 24.1 Å². The molecule has 4 nitrogen and oxygen atoms in total. The van der Waals surface area contributed by atoms with Crippen molar-refractivity contribution in [2.24, 2.45) is 0 Å². The van der Waals surface area contributed by atoms with Crippen molar-refractivity contribution < 1.29 is 13.9 Å². The molecule has 0 saturated carbocycles. The van der Waals surface area contributed by atoms with Crippen LogP contribution >= 0.6 is 12.4 Å². The lowest BCUT2D eigenvalue weighted by Crippen LogP contribution is -2.32. The molecule has 0 unspecified atom stereocenters. The van der Waals surface area contributed by atoms with Crippen molar-refractivity contribution in [3.8, 4) is 5.75 Å². The highest BCUT2D eigenvalue weighted by Gasteiger charge is 1.98. The largest absolute Gasteiger partial charge is 0.494 e. The van der Waals surface area contributed by atoms with Crippen LogP contribution in [0.5, 0.6) is 5.75 Å². The van der Waals surface area contributed by atoms with Crippen LogP contribution in [0.15, 0.2) is 24.3 Å². The van der Waals surface area contributed by atoms with Gasteiger partial charge in [0.05, 0.1) is 13.2 Å². The van der Waals surface area contributed by atoms with E-state index in [1.165, 1.54) is 12.1 Å².